The SMILES string of the molecule is CNc1nnc(CCCC/C(N)=C/C=C(\N)NC(=O)Cc2ccccc2)s1.O=CCc1ccccc1. The Morgan fingerprint density at radius 2 is 1.61 bits per heavy atom. The van der Waals surface area contributed by atoms with Gasteiger partial charge in [-0.15, -0.1) is 10.2 Å². The summed E-state index contributed by atoms with van der Waals surface area (Å²) in [4.78, 5) is 21.9. The summed E-state index contributed by atoms with van der Waals surface area (Å²) in [6, 6.07) is 19.2. The molecule has 0 aliphatic carbocycles. The molecule has 0 radical (unpaired) electrons. The second kappa shape index (κ2) is 16.6. The molecule has 3 rings (SSSR count). The number of unbranched alkanes of at least 4 members (excludes halogenated alkanes) is 1. The van der Waals surface area contributed by atoms with Crippen LogP contribution in [0, 0.1) is 0 Å². The Kier molecular flexibility index (Phi) is 13.0. The van der Waals surface area contributed by atoms with Crippen molar-refractivity contribution in [2.75, 3.05) is 12.4 Å². The van der Waals surface area contributed by atoms with E-state index < -0.39 is 0 Å². The van der Waals surface area contributed by atoms with Crippen LogP contribution in [-0.2, 0) is 28.9 Å². The molecule has 0 aliphatic rings. The maximum Gasteiger partial charge on any atom is 0.229 e. The van der Waals surface area contributed by atoms with Crippen molar-refractivity contribution in [2.45, 2.75) is 38.5 Å². The minimum absolute atomic E-state index is 0.153. The fourth-order valence-corrected chi connectivity index (χ4v) is 3.81. The van der Waals surface area contributed by atoms with Gasteiger partial charge in [-0.3, -0.25) is 4.79 Å². The van der Waals surface area contributed by atoms with E-state index in [-0.39, 0.29) is 18.1 Å². The fourth-order valence-electron chi connectivity index (χ4n) is 3.08. The number of carbonyl (C=O) groups excluding carboxylic acids is 2. The van der Waals surface area contributed by atoms with E-state index in [0.717, 1.165) is 58.9 Å². The number of nitrogens with two attached hydrogens (primary N) is 2. The van der Waals surface area contributed by atoms with Crippen molar-refractivity contribution >= 4 is 28.7 Å². The molecular weight excluding hydrogens is 472 g/mol. The first kappa shape index (κ1) is 28.3. The molecule has 6 N–H and O–H groups in total. The van der Waals surface area contributed by atoms with Crippen LogP contribution >= 0.6 is 11.3 Å². The third-order valence-corrected chi connectivity index (χ3v) is 5.92. The number of benzene rings is 2. The average Bonchev–Trinajstić information content (AvgIpc) is 3.35. The van der Waals surface area contributed by atoms with E-state index in [4.69, 9.17) is 11.5 Å². The molecule has 36 heavy (non-hydrogen) atoms. The highest BCUT2D eigenvalue weighted by Gasteiger charge is 2.04. The third kappa shape index (κ3) is 11.9. The van der Waals surface area contributed by atoms with Crippen molar-refractivity contribution in [3.63, 3.8) is 0 Å². The van der Waals surface area contributed by atoms with Gasteiger partial charge in [0.25, 0.3) is 0 Å². The zero-order valence-corrected chi connectivity index (χ0v) is 21.3. The molecule has 1 aromatic heterocycles. The molecular formula is C27H34N6O2S. The summed E-state index contributed by atoms with van der Waals surface area (Å²) in [6.07, 6.45) is 8.68. The van der Waals surface area contributed by atoms with Gasteiger partial charge in [0, 0.05) is 25.6 Å². The molecule has 0 bridgehead atoms. The molecule has 1 amide bonds. The van der Waals surface area contributed by atoms with Crippen molar-refractivity contribution in [1.29, 1.82) is 0 Å². The number of allylic oxidation sites excluding steroid dienone is 3. The Morgan fingerprint density at radius 3 is 2.22 bits per heavy atom. The highest BCUT2D eigenvalue weighted by atomic mass is 32.1. The molecule has 0 saturated carbocycles. The smallest absolute Gasteiger partial charge is 0.229 e. The number of hydrogen-bond acceptors (Lipinski definition) is 8. The molecule has 3 aromatic rings. The van der Waals surface area contributed by atoms with Crippen LogP contribution in [0.3, 0.4) is 0 Å². The van der Waals surface area contributed by atoms with E-state index in [1.807, 2.05) is 67.7 Å². The van der Waals surface area contributed by atoms with Gasteiger partial charge in [0.2, 0.25) is 11.0 Å². The maximum absolute atomic E-state index is 11.9. The molecule has 0 unspecified atom stereocenters. The van der Waals surface area contributed by atoms with Crippen LogP contribution in [-0.4, -0.2) is 29.4 Å². The molecule has 9 heteroatoms. The largest absolute Gasteiger partial charge is 0.402 e. The number of nitrogens with one attached hydrogen (secondary N) is 2. The molecule has 2 aromatic carbocycles. The lowest BCUT2D eigenvalue weighted by atomic mass is 10.1. The predicted molar refractivity (Wildman–Crippen MR) is 146 cm³/mol. The predicted octanol–water partition coefficient (Wildman–Crippen LogP) is 3.72. The molecule has 8 nitrogen and oxygen atoms in total. The van der Waals surface area contributed by atoms with Gasteiger partial charge in [0.1, 0.15) is 17.1 Å². The van der Waals surface area contributed by atoms with E-state index >= 15 is 0 Å². The number of aldehydes is 1. The van der Waals surface area contributed by atoms with Crippen LogP contribution in [0.15, 0.2) is 84.3 Å². The van der Waals surface area contributed by atoms with Gasteiger partial charge in [0.05, 0.1) is 6.42 Å². The maximum atomic E-state index is 11.9. The quantitative estimate of drug-likeness (QED) is 0.167. The van der Waals surface area contributed by atoms with Gasteiger partial charge in [-0.1, -0.05) is 72.0 Å². The Morgan fingerprint density at radius 1 is 0.944 bits per heavy atom. The molecule has 0 saturated heterocycles. The molecule has 0 fully saturated rings. The van der Waals surface area contributed by atoms with Crippen LogP contribution in [0.4, 0.5) is 5.13 Å². The van der Waals surface area contributed by atoms with Crippen LogP contribution in [0.2, 0.25) is 0 Å². The number of aromatic nitrogens is 2. The van der Waals surface area contributed by atoms with Crippen molar-refractivity contribution in [2.24, 2.45) is 11.5 Å². The van der Waals surface area contributed by atoms with Gasteiger partial charge in [-0.05, 0) is 42.5 Å². The number of rotatable bonds is 12. The molecule has 0 aliphatic heterocycles. The summed E-state index contributed by atoms with van der Waals surface area (Å²) in [6.45, 7) is 0. The molecule has 0 spiro atoms. The summed E-state index contributed by atoms with van der Waals surface area (Å²) in [7, 11) is 1.83. The van der Waals surface area contributed by atoms with Crippen LogP contribution < -0.4 is 22.1 Å². The lowest BCUT2D eigenvalue weighted by Gasteiger charge is -2.05. The van der Waals surface area contributed by atoms with Crippen molar-refractivity contribution < 1.29 is 9.59 Å². The summed E-state index contributed by atoms with van der Waals surface area (Å²) in [5.41, 5.74) is 14.6. The number of hydrogen-bond donors (Lipinski definition) is 4. The van der Waals surface area contributed by atoms with Crippen molar-refractivity contribution in [3.05, 3.63) is 100 Å². The van der Waals surface area contributed by atoms with Crippen LogP contribution in [0.5, 0.6) is 0 Å². The van der Waals surface area contributed by atoms with E-state index in [2.05, 4.69) is 20.8 Å². The summed E-state index contributed by atoms with van der Waals surface area (Å²) in [5.74, 6) is 0.132. The summed E-state index contributed by atoms with van der Waals surface area (Å²) >= 11 is 1.57. The number of nitrogens with zero attached hydrogens (tertiary/aromatic N) is 2. The highest BCUT2D eigenvalue weighted by Crippen LogP contribution is 2.17. The number of anilines is 1. The van der Waals surface area contributed by atoms with Gasteiger partial charge < -0.3 is 26.9 Å². The van der Waals surface area contributed by atoms with Gasteiger partial charge >= 0.3 is 0 Å². The Labute approximate surface area is 216 Å². The highest BCUT2D eigenvalue weighted by molar-refractivity contribution is 7.15. The molecule has 0 atom stereocenters. The summed E-state index contributed by atoms with van der Waals surface area (Å²) < 4.78 is 0. The number of amides is 1. The Bertz CT molecular complexity index is 1110. The second-order valence-electron chi connectivity index (χ2n) is 7.89. The van der Waals surface area contributed by atoms with Gasteiger partial charge in [0.15, 0.2) is 0 Å². The standard InChI is InChI=1S/C19H26N6OS.C8H8O/c1-22-19-25-24-18(27-19)10-6-5-9-15(20)11-12-16(21)23-17(26)13-14-7-3-2-4-8-14;9-7-6-8-4-2-1-3-5-8/h2-4,7-8,11-12H,5-6,9-10,13,20-21H2,1H3,(H,22,25)(H,23,26);1-5,7H,6H2/b15-11-,16-12+;. The average molecular weight is 507 g/mol. The minimum atomic E-state index is -0.153. The van der Waals surface area contributed by atoms with Gasteiger partial charge in [-0.2, -0.15) is 0 Å². The van der Waals surface area contributed by atoms with E-state index in [1.165, 1.54) is 0 Å². The van der Waals surface area contributed by atoms with Crippen LogP contribution in [0.25, 0.3) is 0 Å². The Hall–Kier alpha value is -3.98. The fraction of sp³-hybridized carbons (Fsp3) is 0.259. The monoisotopic (exact) mass is 506 g/mol. The first-order valence-corrected chi connectivity index (χ1v) is 12.5. The number of carbonyl (C=O) groups is 2. The van der Waals surface area contributed by atoms with Crippen molar-refractivity contribution in [3.8, 4) is 0 Å². The third-order valence-electron chi connectivity index (χ3n) is 4.92. The zero-order chi connectivity index (χ0) is 26.0. The first-order chi connectivity index (χ1) is 17.5. The van der Waals surface area contributed by atoms with Gasteiger partial charge in [-0.25, -0.2) is 0 Å². The van der Waals surface area contributed by atoms with Crippen LogP contribution in [0.1, 0.15) is 35.4 Å². The van der Waals surface area contributed by atoms with E-state index in [0.29, 0.717) is 6.42 Å². The van der Waals surface area contributed by atoms with Crippen molar-refractivity contribution in [1.82, 2.24) is 15.5 Å². The zero-order valence-electron chi connectivity index (χ0n) is 20.5. The lowest BCUT2D eigenvalue weighted by molar-refractivity contribution is -0.119. The normalized spacial score (nSPS) is 11.2. The van der Waals surface area contributed by atoms with E-state index in [1.54, 1.807) is 23.5 Å². The lowest BCUT2D eigenvalue weighted by Crippen LogP contribution is -2.28. The first-order valence-electron chi connectivity index (χ1n) is 11.7. The number of aryl methyl sites for hydroxylation is 1. The molecule has 1 heterocycles. The second-order valence-corrected chi connectivity index (χ2v) is 8.95. The molecule has 190 valence electrons. The summed E-state index contributed by atoms with van der Waals surface area (Å²) in [5, 5.41) is 15.6. The van der Waals surface area contributed by atoms with E-state index in [9.17, 15) is 9.59 Å². The minimum Gasteiger partial charge on any atom is -0.402 e. The Balaban J connectivity index is 0.000000425. The topological polar surface area (TPSA) is 136 Å².